The number of rotatable bonds is 2. The van der Waals surface area contributed by atoms with Crippen molar-refractivity contribution in [1.82, 2.24) is 0 Å². The Morgan fingerprint density at radius 2 is 1.23 bits per heavy atom. The maximum absolute atomic E-state index is 11.9. The largest absolute Gasteiger partial charge is 0.481 e. The Kier molecular flexibility index (Phi) is 9.74. The first kappa shape index (κ1) is 32.0. The van der Waals surface area contributed by atoms with Gasteiger partial charge in [-0.15, -0.1) is 0 Å². The van der Waals surface area contributed by atoms with Crippen LogP contribution in [0.25, 0.3) is 0 Å². The maximum Gasteiger partial charge on any atom is 0.309 e. The summed E-state index contributed by atoms with van der Waals surface area (Å²) in [6.07, 6.45) is 4.95. The summed E-state index contributed by atoms with van der Waals surface area (Å²) in [5.74, 6) is -3.34. The molecule has 4 N–H and O–H groups in total. The zero-order valence-electron chi connectivity index (χ0n) is 22.0. The number of hydrogen-bond acceptors (Lipinski definition) is 8. The van der Waals surface area contributed by atoms with Gasteiger partial charge in [0.2, 0.25) is 0 Å². The van der Waals surface area contributed by atoms with Crippen molar-refractivity contribution in [2.45, 2.75) is 98.3 Å². The first-order valence-electron chi connectivity index (χ1n) is 14.1. The van der Waals surface area contributed by atoms with Gasteiger partial charge in [0, 0.05) is 30.7 Å². The van der Waals surface area contributed by atoms with E-state index in [0.717, 1.165) is 25.7 Å². The van der Waals surface area contributed by atoms with Crippen molar-refractivity contribution in [3.05, 3.63) is 0 Å². The molecule has 0 spiro atoms. The van der Waals surface area contributed by atoms with Gasteiger partial charge in [0.15, 0.2) is 0 Å². The van der Waals surface area contributed by atoms with Gasteiger partial charge in [0.25, 0.3) is 0 Å². The van der Waals surface area contributed by atoms with Crippen LogP contribution < -0.4 is 5.73 Å². The Bertz CT molecular complexity index is 1010. The number of carbonyl (C=O) groups excluding carboxylic acids is 3. The Morgan fingerprint density at radius 3 is 1.73 bits per heavy atom. The van der Waals surface area contributed by atoms with E-state index in [-0.39, 0.29) is 98.2 Å². The molecule has 0 aromatic rings. The van der Waals surface area contributed by atoms with Crippen LogP contribution in [0.15, 0.2) is 0 Å². The van der Waals surface area contributed by atoms with Gasteiger partial charge in [-0.1, -0.05) is 14.9 Å². The highest BCUT2D eigenvalue weighted by Crippen LogP contribution is 2.54. The third kappa shape index (κ3) is 5.52. The molecule has 6 fully saturated rings. The lowest BCUT2D eigenvalue weighted by atomic mass is 9.57. The number of cyclic esters (lactones) is 2. The molecule has 13 atom stereocenters. The van der Waals surface area contributed by atoms with Crippen LogP contribution in [-0.4, -0.2) is 58.1 Å². The number of carbonyl (C=O) groups is 5. The maximum atomic E-state index is 11.9. The van der Waals surface area contributed by atoms with E-state index in [0.29, 0.717) is 25.7 Å². The molecule has 0 aromatic carbocycles. The van der Waals surface area contributed by atoms with E-state index in [4.69, 9.17) is 15.2 Å². The highest BCUT2D eigenvalue weighted by molar-refractivity contribution is 5.82. The second-order valence-corrected chi connectivity index (χ2v) is 12.6. The summed E-state index contributed by atoms with van der Waals surface area (Å²) in [7, 11) is 0. The molecule has 10 nitrogen and oxygen atoms in total. The quantitative estimate of drug-likeness (QED) is 0.421. The zero-order valence-corrected chi connectivity index (χ0v) is 22.0. The van der Waals surface area contributed by atoms with Crippen LogP contribution in [0, 0.1) is 59.2 Å². The first-order valence-corrected chi connectivity index (χ1v) is 14.1. The van der Waals surface area contributed by atoms with E-state index in [1.54, 1.807) is 6.92 Å². The molecule has 2 saturated heterocycles. The van der Waals surface area contributed by atoms with Gasteiger partial charge in [-0.2, -0.15) is 0 Å². The summed E-state index contributed by atoms with van der Waals surface area (Å²) in [5.41, 5.74) is 6.00. The molecule has 0 aromatic heterocycles. The Balaban J connectivity index is 0.000000210. The van der Waals surface area contributed by atoms with Crippen molar-refractivity contribution in [1.29, 1.82) is 0 Å². The van der Waals surface area contributed by atoms with Crippen molar-refractivity contribution in [3.63, 3.8) is 0 Å². The zero-order chi connectivity index (χ0) is 27.5. The minimum Gasteiger partial charge on any atom is -0.481 e. The van der Waals surface area contributed by atoms with E-state index in [2.05, 4.69) is 0 Å². The van der Waals surface area contributed by atoms with Gasteiger partial charge in [-0.3, -0.25) is 24.0 Å². The van der Waals surface area contributed by atoms with Crippen molar-refractivity contribution in [3.8, 4) is 0 Å². The number of carboxylic acids is 2. The third-order valence-electron chi connectivity index (χ3n) is 10.6. The number of hydrogen-bond donors (Lipinski definition) is 3. The second kappa shape index (κ2) is 12.2. The highest BCUT2D eigenvalue weighted by atomic mass is 16.6. The van der Waals surface area contributed by atoms with E-state index in [9.17, 15) is 34.2 Å². The van der Waals surface area contributed by atoms with Gasteiger partial charge in [-0.05, 0) is 76.0 Å². The van der Waals surface area contributed by atoms with Crippen molar-refractivity contribution in [2.24, 2.45) is 64.9 Å². The molecule has 6 rings (SSSR count). The first-order chi connectivity index (χ1) is 18.0. The van der Waals surface area contributed by atoms with E-state index in [1.807, 2.05) is 6.92 Å². The van der Waals surface area contributed by atoms with Gasteiger partial charge in [-0.25, -0.2) is 0 Å². The van der Waals surface area contributed by atoms with Crippen LogP contribution in [0.1, 0.15) is 80.1 Å². The lowest BCUT2D eigenvalue weighted by Crippen LogP contribution is -2.49. The molecule has 40 heavy (non-hydrogen) atoms. The molecule has 4 aliphatic carbocycles. The average molecular weight is 566 g/mol. The van der Waals surface area contributed by atoms with Crippen molar-refractivity contribution >= 4 is 29.7 Å². The highest BCUT2D eigenvalue weighted by Gasteiger charge is 2.58. The number of Topliss-reactive ketones (excluding diaryl/α,β-unsaturated/α-hetero) is 1. The topological polar surface area (TPSA) is 170 Å². The molecule has 226 valence electrons. The van der Waals surface area contributed by atoms with Crippen LogP contribution >= 0.6 is 0 Å². The van der Waals surface area contributed by atoms with Crippen LogP contribution in [0.5, 0.6) is 0 Å². The van der Waals surface area contributed by atoms with Gasteiger partial charge in [0.05, 0.1) is 23.7 Å². The summed E-state index contributed by atoms with van der Waals surface area (Å²) < 4.78 is 10.5. The standard InChI is InChI=1S/C14H21NO4.C14H18O5.2CH4/c2*1-6-11-10(14(18)19-6)5-7-4-8(15)2-3-9(7)12(11)13(16)17;;/h6-12H,2-5,15H2,1H3,(H,16,17);6-7,9-12H,2-5H2,1H3,(H,16,17);2*1H4/t6-,7+,8?,9-,10-,11-,12+;6-,7+,9-,10-,11-,12+;;/m11../s1. The van der Waals surface area contributed by atoms with E-state index >= 15 is 0 Å². The molecule has 0 radical (unpaired) electrons. The predicted octanol–water partition coefficient (Wildman–Crippen LogP) is 3.54. The molecule has 6 aliphatic rings. The van der Waals surface area contributed by atoms with Crippen molar-refractivity contribution in [2.75, 3.05) is 0 Å². The molecule has 2 heterocycles. The summed E-state index contributed by atoms with van der Waals surface area (Å²) in [6, 6.07) is 0.155. The smallest absolute Gasteiger partial charge is 0.309 e. The molecule has 0 amide bonds. The van der Waals surface area contributed by atoms with Crippen LogP contribution in [0.2, 0.25) is 0 Å². The fourth-order valence-electron chi connectivity index (χ4n) is 9.08. The number of esters is 2. The minimum atomic E-state index is -0.843. The number of nitrogens with two attached hydrogens (primary N) is 1. The number of aliphatic carboxylic acids is 2. The number of fused-ring (bicyclic) bond motifs is 4. The Labute approximate surface area is 236 Å². The van der Waals surface area contributed by atoms with Gasteiger partial charge in [0.1, 0.15) is 18.0 Å². The molecular formula is C30H47NO9. The molecule has 0 bridgehead atoms. The number of ketones is 1. The molecule has 1 unspecified atom stereocenters. The lowest BCUT2D eigenvalue weighted by Gasteiger charge is -2.46. The predicted molar refractivity (Wildman–Crippen MR) is 145 cm³/mol. The summed E-state index contributed by atoms with van der Waals surface area (Å²) in [6.45, 7) is 3.61. The Hall–Kier alpha value is -2.49. The SMILES string of the molecule is C.C.C[C@H]1OC(=O)[C@@H]2C[C@@H]3CC(=O)CC[C@H]3[C@H](C(=O)O)[C@H]12.C[C@H]1OC(=O)[C@@H]2C[C@@H]3CC(N)CC[C@H]3[C@H](C(=O)O)[C@H]12. The van der Waals surface area contributed by atoms with Crippen LogP contribution in [0.3, 0.4) is 0 Å². The molecular weight excluding hydrogens is 518 g/mol. The molecule has 2 aliphatic heterocycles. The summed E-state index contributed by atoms with van der Waals surface area (Å²) in [4.78, 5) is 58.6. The van der Waals surface area contributed by atoms with E-state index in [1.165, 1.54) is 0 Å². The summed E-state index contributed by atoms with van der Waals surface area (Å²) >= 11 is 0. The van der Waals surface area contributed by atoms with Crippen LogP contribution in [0.4, 0.5) is 0 Å². The Morgan fingerprint density at radius 1 is 0.750 bits per heavy atom. The summed E-state index contributed by atoms with van der Waals surface area (Å²) in [5, 5.41) is 19.1. The van der Waals surface area contributed by atoms with Gasteiger partial charge >= 0.3 is 23.9 Å². The van der Waals surface area contributed by atoms with Gasteiger partial charge < -0.3 is 25.4 Å². The third-order valence-corrected chi connectivity index (χ3v) is 10.6. The minimum absolute atomic E-state index is 0. The fourth-order valence-corrected chi connectivity index (χ4v) is 9.08. The molecule has 4 saturated carbocycles. The second-order valence-electron chi connectivity index (χ2n) is 12.6. The van der Waals surface area contributed by atoms with Crippen LogP contribution in [-0.2, 0) is 33.4 Å². The number of carboxylic acid groups (broad SMARTS) is 2. The number of ether oxygens (including phenoxy) is 2. The average Bonchev–Trinajstić information content (AvgIpc) is 3.29. The normalized spacial score (nSPS) is 44.9. The fraction of sp³-hybridized carbons (Fsp3) is 0.833. The lowest BCUT2D eigenvalue weighted by molar-refractivity contribution is -0.154. The monoisotopic (exact) mass is 565 g/mol. The molecule has 10 heteroatoms. The van der Waals surface area contributed by atoms with Crippen molar-refractivity contribution < 1.29 is 43.7 Å². The van der Waals surface area contributed by atoms with E-state index < -0.39 is 23.8 Å².